The average Bonchev–Trinajstić information content (AvgIpc) is 2.40. The average molecular weight is 276 g/mol. The number of rotatable bonds is 4. The van der Waals surface area contributed by atoms with Crippen molar-refractivity contribution in [2.75, 3.05) is 25.2 Å². The van der Waals surface area contributed by atoms with Gasteiger partial charge in [0.25, 0.3) is 5.91 Å². The minimum Gasteiger partial charge on any atom is -0.384 e. The molecule has 1 fully saturated rings. The Bertz CT molecular complexity index is 526. The molecule has 1 N–H and O–H groups in total. The lowest BCUT2D eigenvalue weighted by Gasteiger charge is -2.38. The molecule has 1 saturated heterocycles. The quantitative estimate of drug-likeness (QED) is 0.896. The predicted octanol–water partition coefficient (Wildman–Crippen LogP) is 1.12. The number of para-hydroxylation sites is 1. The van der Waals surface area contributed by atoms with Gasteiger partial charge in [-0.3, -0.25) is 9.59 Å². The van der Waals surface area contributed by atoms with Gasteiger partial charge in [-0.15, -0.1) is 0 Å². The Morgan fingerprint density at radius 3 is 2.70 bits per heavy atom. The van der Waals surface area contributed by atoms with Crippen LogP contribution in [0.1, 0.15) is 19.4 Å². The maximum Gasteiger partial charge on any atom is 0.252 e. The lowest BCUT2D eigenvalue weighted by Crippen LogP contribution is -2.64. The van der Waals surface area contributed by atoms with Crippen molar-refractivity contribution in [3.63, 3.8) is 0 Å². The number of nitrogens with zero attached hydrogens (tertiary/aromatic N) is 1. The monoisotopic (exact) mass is 276 g/mol. The molecular formula is C15H20N2O3. The Morgan fingerprint density at radius 2 is 2.00 bits per heavy atom. The number of hydrogen-bond donors (Lipinski definition) is 1. The number of ether oxygens (including phenoxy) is 1. The van der Waals surface area contributed by atoms with Crippen LogP contribution >= 0.6 is 0 Å². The van der Waals surface area contributed by atoms with Crippen molar-refractivity contribution in [3.05, 3.63) is 29.8 Å². The van der Waals surface area contributed by atoms with Crippen molar-refractivity contribution in [1.29, 1.82) is 0 Å². The van der Waals surface area contributed by atoms with Gasteiger partial charge in [-0.05, 0) is 31.9 Å². The van der Waals surface area contributed by atoms with E-state index in [-0.39, 0.29) is 18.4 Å². The topological polar surface area (TPSA) is 58.6 Å². The Hall–Kier alpha value is -1.88. The molecule has 0 atom stereocenters. The highest BCUT2D eigenvalue weighted by Crippen LogP contribution is 2.25. The molecule has 0 aromatic heterocycles. The summed E-state index contributed by atoms with van der Waals surface area (Å²) in [5.41, 5.74) is 0.926. The number of carbonyl (C=O) groups is 2. The highest BCUT2D eigenvalue weighted by atomic mass is 16.5. The second-order valence-corrected chi connectivity index (χ2v) is 5.44. The first-order valence-electron chi connectivity index (χ1n) is 6.65. The van der Waals surface area contributed by atoms with E-state index in [1.807, 2.05) is 24.3 Å². The van der Waals surface area contributed by atoms with Gasteiger partial charge in [0.2, 0.25) is 5.91 Å². The second-order valence-electron chi connectivity index (χ2n) is 5.44. The van der Waals surface area contributed by atoms with Crippen LogP contribution in [-0.2, 0) is 20.7 Å². The second kappa shape index (κ2) is 5.63. The van der Waals surface area contributed by atoms with E-state index in [1.54, 1.807) is 25.9 Å². The highest BCUT2D eigenvalue weighted by Gasteiger charge is 2.40. The fourth-order valence-electron chi connectivity index (χ4n) is 2.39. The fraction of sp³-hybridized carbons (Fsp3) is 0.467. The molecule has 1 aromatic carbocycles. The Kier molecular flexibility index (Phi) is 4.09. The van der Waals surface area contributed by atoms with Gasteiger partial charge in [0.15, 0.2) is 0 Å². The van der Waals surface area contributed by atoms with Crippen LogP contribution in [0.2, 0.25) is 0 Å². The summed E-state index contributed by atoms with van der Waals surface area (Å²) < 4.78 is 5.09. The van der Waals surface area contributed by atoms with Gasteiger partial charge in [-0.1, -0.05) is 18.2 Å². The molecule has 1 aliphatic rings. The first-order valence-corrected chi connectivity index (χ1v) is 6.65. The van der Waals surface area contributed by atoms with E-state index >= 15 is 0 Å². The Morgan fingerprint density at radius 1 is 1.30 bits per heavy atom. The number of methoxy groups -OCH3 is 1. The van der Waals surface area contributed by atoms with E-state index in [0.717, 1.165) is 11.3 Å². The molecule has 0 saturated carbocycles. The number of anilines is 1. The molecule has 0 spiro atoms. The first kappa shape index (κ1) is 14.5. The van der Waals surface area contributed by atoms with Gasteiger partial charge in [0, 0.05) is 12.8 Å². The van der Waals surface area contributed by atoms with E-state index in [4.69, 9.17) is 4.74 Å². The Balaban J connectivity index is 2.34. The Labute approximate surface area is 118 Å². The summed E-state index contributed by atoms with van der Waals surface area (Å²) >= 11 is 0. The SMILES string of the molecule is COCCc1ccccc1N1CC(=O)NC(C)(C)C1=O. The normalized spacial score (nSPS) is 18.1. The maximum atomic E-state index is 12.5. The zero-order valence-electron chi connectivity index (χ0n) is 12.1. The summed E-state index contributed by atoms with van der Waals surface area (Å²) in [7, 11) is 1.64. The van der Waals surface area contributed by atoms with Gasteiger partial charge in [0.05, 0.1) is 6.61 Å². The van der Waals surface area contributed by atoms with Crippen LogP contribution in [0, 0.1) is 0 Å². The summed E-state index contributed by atoms with van der Waals surface area (Å²) in [6.07, 6.45) is 0.707. The lowest BCUT2D eigenvalue weighted by atomic mass is 9.98. The molecule has 0 aliphatic carbocycles. The molecule has 20 heavy (non-hydrogen) atoms. The molecule has 2 amide bonds. The smallest absolute Gasteiger partial charge is 0.252 e. The molecule has 2 rings (SSSR count). The van der Waals surface area contributed by atoms with E-state index in [0.29, 0.717) is 13.0 Å². The van der Waals surface area contributed by atoms with Gasteiger partial charge in [-0.2, -0.15) is 0 Å². The molecule has 5 heteroatoms. The van der Waals surface area contributed by atoms with Crippen molar-refractivity contribution in [2.24, 2.45) is 0 Å². The standard InChI is InChI=1S/C15H20N2O3/c1-15(2)14(19)17(10-13(18)16-15)12-7-5-4-6-11(12)8-9-20-3/h4-7H,8-10H2,1-3H3,(H,16,18). The van der Waals surface area contributed by atoms with E-state index in [2.05, 4.69) is 5.32 Å². The fourth-order valence-corrected chi connectivity index (χ4v) is 2.39. The van der Waals surface area contributed by atoms with Crippen LogP contribution in [0.3, 0.4) is 0 Å². The number of amides is 2. The number of piperazine rings is 1. The van der Waals surface area contributed by atoms with E-state index in [1.165, 1.54) is 0 Å². The molecule has 5 nitrogen and oxygen atoms in total. The zero-order valence-corrected chi connectivity index (χ0v) is 12.1. The van der Waals surface area contributed by atoms with Crippen LogP contribution < -0.4 is 10.2 Å². The summed E-state index contributed by atoms with van der Waals surface area (Å²) in [5, 5.41) is 2.71. The molecule has 1 aliphatic heterocycles. The van der Waals surface area contributed by atoms with Crippen LogP contribution in [0.5, 0.6) is 0 Å². The van der Waals surface area contributed by atoms with Crippen LogP contribution in [0.15, 0.2) is 24.3 Å². The molecular weight excluding hydrogens is 256 g/mol. The van der Waals surface area contributed by atoms with Gasteiger partial charge in [-0.25, -0.2) is 0 Å². The molecule has 0 unspecified atom stereocenters. The van der Waals surface area contributed by atoms with Gasteiger partial charge in [0.1, 0.15) is 12.1 Å². The molecule has 1 aromatic rings. The van der Waals surface area contributed by atoms with Gasteiger partial charge < -0.3 is 15.0 Å². The summed E-state index contributed by atoms with van der Waals surface area (Å²) in [4.78, 5) is 25.9. The molecule has 108 valence electrons. The van der Waals surface area contributed by atoms with Crippen molar-refractivity contribution < 1.29 is 14.3 Å². The minimum absolute atomic E-state index is 0.0618. The molecule has 1 heterocycles. The zero-order chi connectivity index (χ0) is 14.8. The van der Waals surface area contributed by atoms with Crippen LogP contribution in [-0.4, -0.2) is 37.6 Å². The predicted molar refractivity (Wildman–Crippen MR) is 76.6 cm³/mol. The first-order chi connectivity index (χ1) is 9.45. The van der Waals surface area contributed by atoms with Crippen molar-refractivity contribution in [2.45, 2.75) is 25.8 Å². The van der Waals surface area contributed by atoms with E-state index in [9.17, 15) is 9.59 Å². The maximum absolute atomic E-state index is 12.5. The van der Waals surface area contributed by atoms with E-state index < -0.39 is 5.54 Å². The number of hydrogen-bond acceptors (Lipinski definition) is 3. The number of benzene rings is 1. The summed E-state index contributed by atoms with van der Waals surface area (Å²) in [5.74, 6) is -0.238. The number of nitrogens with one attached hydrogen (secondary N) is 1. The van der Waals surface area contributed by atoms with Crippen molar-refractivity contribution >= 4 is 17.5 Å². The minimum atomic E-state index is -0.871. The van der Waals surface area contributed by atoms with Crippen LogP contribution in [0.4, 0.5) is 5.69 Å². The lowest BCUT2D eigenvalue weighted by molar-refractivity contribution is -0.134. The summed E-state index contributed by atoms with van der Waals surface area (Å²) in [6.45, 7) is 4.08. The number of carbonyl (C=O) groups excluding carboxylic acids is 2. The third-order valence-corrected chi connectivity index (χ3v) is 3.39. The summed E-state index contributed by atoms with van der Waals surface area (Å²) in [6, 6.07) is 7.63. The highest BCUT2D eigenvalue weighted by molar-refractivity contribution is 6.09. The molecule has 0 radical (unpaired) electrons. The van der Waals surface area contributed by atoms with Crippen molar-refractivity contribution in [3.8, 4) is 0 Å². The largest absolute Gasteiger partial charge is 0.384 e. The van der Waals surface area contributed by atoms with Crippen molar-refractivity contribution in [1.82, 2.24) is 5.32 Å². The third kappa shape index (κ3) is 2.82. The molecule has 0 bridgehead atoms. The van der Waals surface area contributed by atoms with Gasteiger partial charge >= 0.3 is 0 Å². The van der Waals surface area contributed by atoms with Crippen LogP contribution in [0.25, 0.3) is 0 Å². The third-order valence-electron chi connectivity index (χ3n) is 3.39.